The Hall–Kier alpha value is -4.07. The molecule has 3 aromatic carbocycles. The molecule has 43 heavy (non-hydrogen) atoms. The van der Waals surface area contributed by atoms with Crippen LogP contribution < -0.4 is 24.3 Å². The molecule has 9 nitrogen and oxygen atoms in total. The molecule has 0 aliphatic carbocycles. The fraction of sp³-hybridized carbons (Fsp3) is 0.241. The number of anilines is 1. The van der Waals surface area contributed by atoms with Crippen LogP contribution in [0.3, 0.4) is 0 Å². The molecule has 4 aromatic rings. The van der Waals surface area contributed by atoms with Crippen LogP contribution >= 0.6 is 11.6 Å². The molecular weight excluding hydrogens is 613 g/mol. The minimum Gasteiger partial charge on any atom is -0.497 e. The van der Waals surface area contributed by atoms with Crippen molar-refractivity contribution in [3.8, 4) is 23.0 Å². The first kappa shape index (κ1) is 31.9. The van der Waals surface area contributed by atoms with Crippen molar-refractivity contribution in [2.75, 3.05) is 39.0 Å². The Morgan fingerprint density at radius 2 is 1.84 bits per heavy atom. The van der Waals surface area contributed by atoms with Gasteiger partial charge in [-0.15, -0.1) is 13.2 Å². The Morgan fingerprint density at radius 3 is 2.47 bits per heavy atom. The molecule has 0 aliphatic rings. The van der Waals surface area contributed by atoms with E-state index in [4.69, 9.17) is 25.8 Å². The van der Waals surface area contributed by atoms with Crippen molar-refractivity contribution in [1.29, 1.82) is 0 Å². The van der Waals surface area contributed by atoms with Crippen molar-refractivity contribution in [2.24, 2.45) is 0 Å². The molecule has 2 unspecified atom stereocenters. The lowest BCUT2D eigenvalue weighted by Crippen LogP contribution is -2.22. The average molecular weight is 641 g/mol. The monoisotopic (exact) mass is 640 g/mol. The summed E-state index contributed by atoms with van der Waals surface area (Å²) in [6.45, 7) is -0.431. The van der Waals surface area contributed by atoms with Crippen LogP contribution in [0.25, 0.3) is 10.9 Å². The van der Waals surface area contributed by atoms with Gasteiger partial charge in [-0.05, 0) is 45.7 Å². The molecule has 2 atom stereocenters. The minimum atomic E-state index is -5.01. The molecule has 0 bridgehead atoms. The van der Waals surface area contributed by atoms with E-state index in [0.717, 1.165) is 6.07 Å². The van der Waals surface area contributed by atoms with Crippen molar-refractivity contribution in [3.63, 3.8) is 0 Å². The molecule has 0 saturated heterocycles. The number of hydrogen-bond acceptors (Lipinski definition) is 8. The number of aromatic amines is 1. The highest BCUT2D eigenvalue weighted by molar-refractivity contribution is 7.99. The Kier molecular flexibility index (Phi) is 9.38. The number of H-pyrrole nitrogens is 1. The second-order valence-corrected chi connectivity index (χ2v) is 12.3. The van der Waals surface area contributed by atoms with E-state index in [1.807, 2.05) is 0 Å². The summed E-state index contributed by atoms with van der Waals surface area (Å²) >= 11 is 6.20. The van der Waals surface area contributed by atoms with Crippen LogP contribution in [-0.2, 0) is 9.52 Å². The maximum atomic E-state index is 14.3. The van der Waals surface area contributed by atoms with Gasteiger partial charge in [0.05, 0.1) is 26.3 Å². The summed E-state index contributed by atoms with van der Waals surface area (Å²) in [6.07, 6.45) is -2.20. The number of carbonyl (C=O) groups excluding carboxylic acids is 1. The summed E-state index contributed by atoms with van der Waals surface area (Å²) in [4.78, 5) is 17.5. The summed E-state index contributed by atoms with van der Waals surface area (Å²) < 4.78 is 72.5. The van der Waals surface area contributed by atoms with Crippen LogP contribution in [0.4, 0.5) is 18.9 Å². The molecule has 0 saturated carbocycles. The highest BCUT2D eigenvalue weighted by Gasteiger charge is 2.34. The number of nitrogens with one attached hydrogen (secondary N) is 2. The summed E-state index contributed by atoms with van der Waals surface area (Å²) in [5.74, 6) is 2.82. The number of ether oxygens (including phenoxy) is 4. The first-order valence-electron chi connectivity index (χ1n) is 12.5. The average Bonchev–Trinajstić information content (AvgIpc) is 3.35. The Morgan fingerprint density at radius 1 is 1.09 bits per heavy atom. The zero-order valence-electron chi connectivity index (χ0n) is 23.2. The number of halogens is 4. The molecule has 0 fully saturated rings. The Bertz CT molecular complexity index is 1760. The molecule has 1 aromatic heterocycles. The Balaban J connectivity index is 1.90. The fourth-order valence-corrected chi connectivity index (χ4v) is 5.26. The van der Waals surface area contributed by atoms with E-state index < -0.39 is 33.5 Å². The zero-order chi connectivity index (χ0) is 31.5. The molecule has 0 amide bonds. The van der Waals surface area contributed by atoms with Crippen molar-refractivity contribution in [2.45, 2.75) is 17.3 Å². The largest absolute Gasteiger partial charge is 0.573 e. The van der Waals surface area contributed by atoms with Gasteiger partial charge in [0, 0.05) is 56.7 Å². The normalized spacial score (nSPS) is 13.7. The van der Waals surface area contributed by atoms with Gasteiger partial charge < -0.3 is 34.4 Å². The maximum Gasteiger partial charge on any atom is 0.573 e. The lowest BCUT2D eigenvalue weighted by atomic mass is 9.95. The summed E-state index contributed by atoms with van der Waals surface area (Å²) in [5, 5.41) is 12.9. The number of fused-ring (bicyclic) bond motifs is 1. The molecule has 230 valence electrons. The Labute approximate surface area is 250 Å². The van der Waals surface area contributed by atoms with Crippen molar-refractivity contribution in [3.05, 3.63) is 70.9 Å². The molecular formula is C29H28ClF3N2O7S. The van der Waals surface area contributed by atoms with Gasteiger partial charge in [0.1, 0.15) is 24.1 Å². The predicted molar refractivity (Wildman–Crippen MR) is 159 cm³/mol. The third-order valence-corrected chi connectivity index (χ3v) is 7.75. The van der Waals surface area contributed by atoms with E-state index >= 15 is 0 Å². The number of alkyl halides is 3. The smallest absolute Gasteiger partial charge is 0.497 e. The van der Waals surface area contributed by atoms with Gasteiger partial charge >= 0.3 is 6.36 Å². The number of methoxy groups -OCH3 is 2. The van der Waals surface area contributed by atoms with Gasteiger partial charge in [0.25, 0.3) is 0 Å². The third kappa shape index (κ3) is 7.48. The molecule has 3 N–H and O–H groups in total. The van der Waals surface area contributed by atoms with Crippen LogP contribution in [0, 0.1) is 0 Å². The van der Waals surface area contributed by atoms with E-state index in [-0.39, 0.29) is 35.7 Å². The number of hydrogen-bond donors (Lipinski definition) is 3. The van der Waals surface area contributed by atoms with E-state index in [9.17, 15) is 27.3 Å². The van der Waals surface area contributed by atoms with Gasteiger partial charge in [-0.25, -0.2) is 0 Å². The number of aliphatic hydroxyl groups excluding tert-OH is 1. The van der Waals surface area contributed by atoms with E-state index in [2.05, 4.69) is 20.9 Å². The van der Waals surface area contributed by atoms with Crippen LogP contribution in [0.1, 0.15) is 22.0 Å². The second-order valence-electron chi connectivity index (χ2n) is 9.40. The van der Waals surface area contributed by atoms with Crippen LogP contribution in [-0.4, -0.2) is 66.0 Å². The highest BCUT2D eigenvalue weighted by Crippen LogP contribution is 2.40. The molecule has 0 aliphatic heterocycles. The molecule has 0 radical (unpaired) electrons. The topological polar surface area (TPSA) is 119 Å². The number of carbonyl (C=O) groups is 1. The predicted octanol–water partition coefficient (Wildman–Crippen LogP) is 5.85. The van der Waals surface area contributed by atoms with Crippen LogP contribution in [0.15, 0.2) is 59.6 Å². The summed E-state index contributed by atoms with van der Waals surface area (Å²) in [5.41, 5.74) is 0.961. The minimum absolute atomic E-state index is 0.0183. The van der Waals surface area contributed by atoms with Gasteiger partial charge in [-0.3, -0.25) is 9.00 Å². The number of ketones is 1. The molecule has 14 heteroatoms. The zero-order valence-corrected chi connectivity index (χ0v) is 24.8. The van der Waals surface area contributed by atoms with Crippen LogP contribution in [0.5, 0.6) is 23.0 Å². The SMILES string of the molecule is C=S(C)(=O)c1cc(NC(C(=O)c2c[nH]c3cc(OC)c(OC(F)(F)F)cc23)c2ccc(Cl)cc2OCCO)cc(OC)c1. The number of Topliss-reactive ketones (excluding diaryl/α,β-unsaturated/α-hetero) is 1. The van der Waals surface area contributed by atoms with Crippen molar-refractivity contribution >= 4 is 49.4 Å². The third-order valence-electron chi connectivity index (χ3n) is 6.28. The van der Waals surface area contributed by atoms with Gasteiger partial charge in [-0.1, -0.05) is 17.7 Å². The standard InChI is InChI=1S/C29H28ClF3N2O7S/c1-39-18-10-17(11-19(12-18)43(3,4)38)35-27(20-6-5-16(30)9-24(20)41-8-7-36)28(37)22-15-34-23-14-25(40-2)26(13-21(22)23)42-29(31,32)33/h5-6,9-15,27,34-36H,3,7-8H2,1-2,4H3. The number of rotatable bonds is 12. The van der Waals surface area contributed by atoms with E-state index in [1.54, 1.807) is 24.3 Å². The number of benzene rings is 3. The first-order valence-corrected chi connectivity index (χ1v) is 15.1. The van der Waals surface area contributed by atoms with Crippen molar-refractivity contribution in [1.82, 2.24) is 4.98 Å². The molecule has 1 heterocycles. The quantitative estimate of drug-likeness (QED) is 0.130. The van der Waals surface area contributed by atoms with Crippen molar-refractivity contribution < 1.29 is 46.2 Å². The van der Waals surface area contributed by atoms with E-state index in [0.29, 0.717) is 32.4 Å². The van der Waals surface area contributed by atoms with Gasteiger partial charge in [0.2, 0.25) is 0 Å². The molecule has 4 rings (SSSR count). The van der Waals surface area contributed by atoms with Gasteiger partial charge in [-0.2, -0.15) is 0 Å². The summed E-state index contributed by atoms with van der Waals surface area (Å²) in [6, 6.07) is 10.4. The highest BCUT2D eigenvalue weighted by atomic mass is 35.5. The van der Waals surface area contributed by atoms with Crippen LogP contribution in [0.2, 0.25) is 5.02 Å². The fourth-order valence-electron chi connectivity index (χ4n) is 4.35. The summed E-state index contributed by atoms with van der Waals surface area (Å²) in [7, 11) is -0.0857. The number of aliphatic hydroxyl groups is 1. The number of aromatic nitrogens is 1. The first-order chi connectivity index (χ1) is 20.2. The lowest BCUT2D eigenvalue weighted by Gasteiger charge is -2.23. The maximum absolute atomic E-state index is 14.3. The lowest BCUT2D eigenvalue weighted by molar-refractivity contribution is -0.275. The van der Waals surface area contributed by atoms with E-state index in [1.165, 1.54) is 44.9 Å². The second kappa shape index (κ2) is 12.7. The van der Waals surface area contributed by atoms with Gasteiger partial charge in [0.15, 0.2) is 17.3 Å². The molecule has 0 spiro atoms.